The topological polar surface area (TPSA) is 12.5 Å². The summed E-state index contributed by atoms with van der Waals surface area (Å²) in [6.07, 6.45) is 4.46. The molecule has 0 spiro atoms. The van der Waals surface area contributed by atoms with Crippen LogP contribution >= 0.6 is 0 Å². The molecule has 1 fully saturated rings. The molecule has 0 N–H and O–H groups in total. The second kappa shape index (κ2) is 7.60. The predicted molar refractivity (Wildman–Crippen MR) is 91.1 cm³/mol. The van der Waals surface area contributed by atoms with E-state index in [0.717, 1.165) is 18.5 Å². The number of ether oxygens (including phenoxy) is 1. The largest absolute Gasteiger partial charge is 0.483 e. The van der Waals surface area contributed by atoms with E-state index in [0.29, 0.717) is 11.8 Å². The molecule has 23 heavy (non-hydrogen) atoms. The van der Waals surface area contributed by atoms with Crippen molar-refractivity contribution in [1.29, 1.82) is 0 Å². The molecule has 2 atom stereocenters. The molecule has 0 aliphatic carbocycles. The molecule has 2 unspecified atom stereocenters. The number of hydrogen-bond acceptors (Lipinski definition) is 2. The molecule has 3 rings (SSSR count). The second-order valence-electron chi connectivity index (χ2n) is 6.31. The molecule has 1 aliphatic heterocycles. The summed E-state index contributed by atoms with van der Waals surface area (Å²) < 4.78 is 20.1. The highest BCUT2D eigenvalue weighted by Gasteiger charge is 2.25. The number of hydrogen-bond donors (Lipinski definition) is 0. The molecule has 0 saturated carbocycles. The van der Waals surface area contributed by atoms with Crippen LogP contribution in [0.2, 0.25) is 0 Å². The fraction of sp³-hybridized carbons (Fsp3) is 0.400. The Morgan fingerprint density at radius 2 is 1.83 bits per heavy atom. The monoisotopic (exact) mass is 313 g/mol. The summed E-state index contributed by atoms with van der Waals surface area (Å²) in [5, 5.41) is 0. The van der Waals surface area contributed by atoms with Gasteiger partial charge in [-0.25, -0.2) is 4.39 Å². The van der Waals surface area contributed by atoms with E-state index in [-0.39, 0.29) is 11.9 Å². The molecule has 2 aromatic rings. The van der Waals surface area contributed by atoms with Crippen LogP contribution in [0.15, 0.2) is 54.6 Å². The smallest absolute Gasteiger partial charge is 0.165 e. The second-order valence-corrected chi connectivity index (χ2v) is 6.31. The Hall–Kier alpha value is -1.87. The van der Waals surface area contributed by atoms with Crippen molar-refractivity contribution in [3.8, 4) is 5.75 Å². The van der Waals surface area contributed by atoms with Gasteiger partial charge < -0.3 is 9.64 Å². The van der Waals surface area contributed by atoms with Gasteiger partial charge in [0.2, 0.25) is 0 Å². The lowest BCUT2D eigenvalue weighted by molar-refractivity contribution is 0.106. The van der Waals surface area contributed by atoms with E-state index in [4.69, 9.17) is 4.74 Å². The highest BCUT2D eigenvalue weighted by atomic mass is 19.1. The number of likely N-dealkylation sites (tertiary alicyclic amines) is 1. The maximum atomic E-state index is 14.0. The third-order valence-corrected chi connectivity index (χ3v) is 4.68. The Labute approximate surface area is 137 Å². The van der Waals surface area contributed by atoms with Crippen LogP contribution in [0.1, 0.15) is 37.4 Å². The Morgan fingerprint density at radius 3 is 2.57 bits per heavy atom. The quantitative estimate of drug-likeness (QED) is 0.784. The summed E-state index contributed by atoms with van der Waals surface area (Å²) in [6.45, 7) is 1.13. The van der Waals surface area contributed by atoms with Crippen LogP contribution in [0, 0.1) is 5.82 Å². The summed E-state index contributed by atoms with van der Waals surface area (Å²) >= 11 is 0. The molecule has 2 aromatic carbocycles. The van der Waals surface area contributed by atoms with Gasteiger partial charge in [0.1, 0.15) is 6.10 Å². The molecule has 122 valence electrons. The van der Waals surface area contributed by atoms with Crippen molar-refractivity contribution in [2.75, 3.05) is 13.6 Å². The Morgan fingerprint density at radius 1 is 1.09 bits per heavy atom. The zero-order chi connectivity index (χ0) is 16.1. The first-order valence-electron chi connectivity index (χ1n) is 8.40. The SMILES string of the molecule is CN1CCCCC1CC(Oc1ccccc1F)c1ccccc1. The minimum Gasteiger partial charge on any atom is -0.483 e. The maximum absolute atomic E-state index is 14.0. The van der Waals surface area contributed by atoms with Crippen LogP contribution in [-0.4, -0.2) is 24.5 Å². The molecule has 0 bridgehead atoms. The van der Waals surface area contributed by atoms with E-state index < -0.39 is 0 Å². The summed E-state index contributed by atoms with van der Waals surface area (Å²) in [6, 6.07) is 17.3. The Balaban J connectivity index is 1.80. The summed E-state index contributed by atoms with van der Waals surface area (Å²) in [5.41, 5.74) is 1.11. The first kappa shape index (κ1) is 16.0. The van der Waals surface area contributed by atoms with Crippen molar-refractivity contribution in [1.82, 2.24) is 4.90 Å². The molecular formula is C20H24FNO. The average molecular weight is 313 g/mol. The van der Waals surface area contributed by atoms with Gasteiger partial charge in [-0.05, 0) is 44.1 Å². The van der Waals surface area contributed by atoms with Crippen molar-refractivity contribution >= 4 is 0 Å². The number of piperidine rings is 1. The molecular weight excluding hydrogens is 289 g/mol. The van der Waals surface area contributed by atoms with Gasteiger partial charge in [0.25, 0.3) is 0 Å². The predicted octanol–water partition coefficient (Wildman–Crippen LogP) is 4.82. The Kier molecular flexibility index (Phi) is 5.29. The lowest BCUT2D eigenvalue weighted by Crippen LogP contribution is -2.37. The standard InChI is InChI=1S/C20H24FNO/c1-22-14-8-7-11-17(22)15-20(16-9-3-2-4-10-16)23-19-13-6-5-12-18(19)21/h2-6,9-10,12-13,17,20H,7-8,11,14-15H2,1H3. The van der Waals surface area contributed by atoms with Gasteiger partial charge in [0.05, 0.1) is 0 Å². The van der Waals surface area contributed by atoms with Crippen molar-refractivity contribution in [2.24, 2.45) is 0 Å². The fourth-order valence-electron chi connectivity index (χ4n) is 3.30. The molecule has 0 radical (unpaired) electrons. The van der Waals surface area contributed by atoms with E-state index in [9.17, 15) is 4.39 Å². The van der Waals surface area contributed by atoms with Crippen LogP contribution in [0.5, 0.6) is 5.75 Å². The molecule has 1 aliphatic rings. The van der Waals surface area contributed by atoms with E-state index in [1.165, 1.54) is 25.3 Å². The molecule has 0 aromatic heterocycles. The summed E-state index contributed by atoms with van der Waals surface area (Å²) in [5.74, 6) is 0.0326. The van der Waals surface area contributed by atoms with E-state index >= 15 is 0 Å². The maximum Gasteiger partial charge on any atom is 0.165 e. The third-order valence-electron chi connectivity index (χ3n) is 4.68. The van der Waals surface area contributed by atoms with E-state index in [2.05, 4.69) is 24.1 Å². The third kappa shape index (κ3) is 4.11. The van der Waals surface area contributed by atoms with Crippen molar-refractivity contribution in [3.63, 3.8) is 0 Å². The van der Waals surface area contributed by atoms with Gasteiger partial charge in [0.15, 0.2) is 11.6 Å². The first-order chi connectivity index (χ1) is 11.2. The molecule has 1 heterocycles. The minimum absolute atomic E-state index is 0.126. The zero-order valence-electron chi connectivity index (χ0n) is 13.6. The fourth-order valence-corrected chi connectivity index (χ4v) is 3.30. The van der Waals surface area contributed by atoms with Crippen LogP contribution < -0.4 is 4.74 Å². The van der Waals surface area contributed by atoms with Gasteiger partial charge in [0, 0.05) is 12.5 Å². The number of para-hydroxylation sites is 1. The highest BCUT2D eigenvalue weighted by Crippen LogP contribution is 2.31. The van der Waals surface area contributed by atoms with Crippen LogP contribution in [-0.2, 0) is 0 Å². The highest BCUT2D eigenvalue weighted by molar-refractivity contribution is 5.26. The van der Waals surface area contributed by atoms with Gasteiger partial charge in [-0.2, -0.15) is 0 Å². The normalized spacial score (nSPS) is 20.2. The number of benzene rings is 2. The van der Waals surface area contributed by atoms with Gasteiger partial charge in [-0.3, -0.25) is 0 Å². The number of halogens is 1. The molecule has 0 amide bonds. The molecule has 2 nitrogen and oxygen atoms in total. The number of nitrogens with zero attached hydrogens (tertiary/aromatic N) is 1. The van der Waals surface area contributed by atoms with Gasteiger partial charge >= 0.3 is 0 Å². The molecule has 1 saturated heterocycles. The first-order valence-corrected chi connectivity index (χ1v) is 8.40. The average Bonchev–Trinajstić information content (AvgIpc) is 2.59. The van der Waals surface area contributed by atoms with Crippen LogP contribution in [0.25, 0.3) is 0 Å². The van der Waals surface area contributed by atoms with E-state index in [1.807, 2.05) is 24.3 Å². The minimum atomic E-state index is -0.301. The Bertz CT molecular complexity index is 616. The molecule has 3 heteroatoms. The number of rotatable bonds is 5. The lowest BCUT2D eigenvalue weighted by atomic mass is 9.94. The summed E-state index contributed by atoms with van der Waals surface area (Å²) in [7, 11) is 2.18. The van der Waals surface area contributed by atoms with Crippen molar-refractivity contribution in [2.45, 2.75) is 37.8 Å². The summed E-state index contributed by atoms with van der Waals surface area (Å²) in [4.78, 5) is 2.41. The zero-order valence-corrected chi connectivity index (χ0v) is 13.6. The van der Waals surface area contributed by atoms with Crippen molar-refractivity contribution in [3.05, 3.63) is 66.0 Å². The van der Waals surface area contributed by atoms with Crippen LogP contribution in [0.4, 0.5) is 4.39 Å². The lowest BCUT2D eigenvalue weighted by Gasteiger charge is -2.35. The van der Waals surface area contributed by atoms with Gasteiger partial charge in [-0.15, -0.1) is 0 Å². The van der Waals surface area contributed by atoms with Crippen LogP contribution in [0.3, 0.4) is 0 Å². The van der Waals surface area contributed by atoms with E-state index in [1.54, 1.807) is 12.1 Å². The van der Waals surface area contributed by atoms with Gasteiger partial charge in [-0.1, -0.05) is 48.9 Å². The van der Waals surface area contributed by atoms with Crippen molar-refractivity contribution < 1.29 is 9.13 Å².